The number of aromatic nitrogens is 3. The average Bonchev–Trinajstić information content (AvgIpc) is 2.89. The third kappa shape index (κ3) is 1.89. The summed E-state index contributed by atoms with van der Waals surface area (Å²) in [6.45, 7) is 0. The van der Waals surface area contributed by atoms with Crippen molar-refractivity contribution in [1.82, 2.24) is 14.5 Å². The third-order valence-electron chi connectivity index (χ3n) is 2.72. The largest absolute Gasteiger partial charge is 0.296 e. The lowest BCUT2D eigenvalue weighted by molar-refractivity contribution is 1.04. The van der Waals surface area contributed by atoms with Gasteiger partial charge < -0.3 is 0 Å². The van der Waals surface area contributed by atoms with Crippen molar-refractivity contribution < 1.29 is 0 Å². The normalized spacial score (nSPS) is 10.5. The topological polar surface area (TPSA) is 30.7 Å². The van der Waals surface area contributed by atoms with Gasteiger partial charge in [-0.3, -0.25) is 9.55 Å². The van der Waals surface area contributed by atoms with Crippen LogP contribution in [0.4, 0.5) is 0 Å². The summed E-state index contributed by atoms with van der Waals surface area (Å²) < 4.78 is 1.94. The summed E-state index contributed by atoms with van der Waals surface area (Å²) in [5.74, 6) is 0. The summed E-state index contributed by atoms with van der Waals surface area (Å²) in [5.41, 5.74) is 2.91. The van der Waals surface area contributed by atoms with E-state index in [4.69, 9.17) is 11.6 Å². The fourth-order valence-electron chi connectivity index (χ4n) is 1.86. The van der Waals surface area contributed by atoms with Crippen LogP contribution in [0.15, 0.2) is 61.3 Å². The van der Waals surface area contributed by atoms with Crippen LogP contribution in [0.5, 0.6) is 0 Å². The zero-order valence-electron chi connectivity index (χ0n) is 9.49. The first-order valence-corrected chi connectivity index (χ1v) is 5.92. The van der Waals surface area contributed by atoms with E-state index in [0.717, 1.165) is 16.9 Å². The molecule has 18 heavy (non-hydrogen) atoms. The van der Waals surface area contributed by atoms with Crippen molar-refractivity contribution in [2.24, 2.45) is 0 Å². The van der Waals surface area contributed by atoms with E-state index in [1.807, 2.05) is 41.1 Å². The minimum absolute atomic E-state index is 0.653. The highest BCUT2D eigenvalue weighted by Gasteiger charge is 2.09. The van der Waals surface area contributed by atoms with E-state index >= 15 is 0 Å². The zero-order valence-corrected chi connectivity index (χ0v) is 10.2. The van der Waals surface area contributed by atoms with E-state index < -0.39 is 0 Å². The monoisotopic (exact) mass is 255 g/mol. The molecule has 3 rings (SSSR count). The lowest BCUT2D eigenvalue weighted by Crippen LogP contribution is -1.96. The van der Waals surface area contributed by atoms with Crippen LogP contribution in [-0.4, -0.2) is 14.5 Å². The Bertz CT molecular complexity index is 662. The number of hydrogen-bond acceptors (Lipinski definition) is 2. The molecule has 0 aliphatic heterocycles. The molecule has 0 unspecified atom stereocenters. The molecule has 0 aliphatic carbocycles. The van der Waals surface area contributed by atoms with E-state index in [-0.39, 0.29) is 0 Å². The van der Waals surface area contributed by atoms with E-state index in [0.29, 0.717) is 5.02 Å². The number of rotatable bonds is 2. The molecule has 2 aromatic heterocycles. The van der Waals surface area contributed by atoms with Gasteiger partial charge >= 0.3 is 0 Å². The molecule has 0 N–H and O–H groups in total. The van der Waals surface area contributed by atoms with Crippen LogP contribution in [0, 0.1) is 0 Å². The van der Waals surface area contributed by atoms with Gasteiger partial charge in [0.1, 0.15) is 0 Å². The van der Waals surface area contributed by atoms with Gasteiger partial charge in [0, 0.05) is 11.8 Å². The third-order valence-corrected chi connectivity index (χ3v) is 3.04. The number of benzene rings is 1. The predicted molar refractivity (Wildman–Crippen MR) is 71.8 cm³/mol. The fraction of sp³-hybridized carbons (Fsp3) is 0. The molecule has 0 fully saturated rings. The van der Waals surface area contributed by atoms with Crippen molar-refractivity contribution in [3.63, 3.8) is 0 Å². The summed E-state index contributed by atoms with van der Waals surface area (Å²) in [7, 11) is 0. The first-order valence-electron chi connectivity index (χ1n) is 5.54. The predicted octanol–water partition coefficient (Wildman–Crippen LogP) is 3.59. The van der Waals surface area contributed by atoms with Crippen molar-refractivity contribution in [3.8, 4) is 16.9 Å². The molecular weight excluding hydrogens is 246 g/mol. The number of halogens is 1. The smallest absolute Gasteiger partial charge is 0.0998 e. The Hall–Kier alpha value is -2.13. The first kappa shape index (κ1) is 11.0. The minimum atomic E-state index is 0.653. The van der Waals surface area contributed by atoms with Crippen LogP contribution in [0.1, 0.15) is 0 Å². The Morgan fingerprint density at radius 3 is 2.56 bits per heavy atom. The molecule has 88 valence electrons. The summed E-state index contributed by atoms with van der Waals surface area (Å²) >= 11 is 6.19. The van der Waals surface area contributed by atoms with Gasteiger partial charge in [0.2, 0.25) is 0 Å². The van der Waals surface area contributed by atoms with Gasteiger partial charge in [0.05, 0.1) is 35.1 Å². The Morgan fingerprint density at radius 1 is 0.944 bits per heavy atom. The van der Waals surface area contributed by atoms with Crippen LogP contribution in [0.3, 0.4) is 0 Å². The van der Waals surface area contributed by atoms with Gasteiger partial charge in [-0.15, -0.1) is 0 Å². The molecule has 0 radical (unpaired) electrons. The Kier molecular flexibility index (Phi) is 2.82. The minimum Gasteiger partial charge on any atom is -0.296 e. The highest BCUT2D eigenvalue weighted by Crippen LogP contribution is 2.25. The molecule has 3 aromatic rings. The van der Waals surface area contributed by atoms with E-state index in [1.165, 1.54) is 0 Å². The number of nitrogens with zero attached hydrogens (tertiary/aromatic N) is 3. The quantitative estimate of drug-likeness (QED) is 0.701. The molecule has 1 aromatic carbocycles. The highest BCUT2D eigenvalue weighted by molar-refractivity contribution is 6.32. The second kappa shape index (κ2) is 4.63. The van der Waals surface area contributed by atoms with Crippen LogP contribution >= 0.6 is 11.6 Å². The zero-order chi connectivity index (χ0) is 12.4. The van der Waals surface area contributed by atoms with Gasteiger partial charge in [0.25, 0.3) is 0 Å². The van der Waals surface area contributed by atoms with Gasteiger partial charge in [-0.2, -0.15) is 0 Å². The number of hydrogen-bond donors (Lipinski definition) is 0. The molecule has 0 spiro atoms. The maximum absolute atomic E-state index is 6.19. The molecular formula is C14H10ClN3. The standard InChI is InChI=1S/C14H10ClN3/c15-12-6-7-16-9-14(12)18-10-17-8-13(18)11-4-2-1-3-5-11/h1-10H. The molecule has 0 bridgehead atoms. The van der Waals surface area contributed by atoms with Crippen LogP contribution in [-0.2, 0) is 0 Å². The molecule has 0 saturated carbocycles. The second-order valence-corrected chi connectivity index (χ2v) is 4.25. The van der Waals surface area contributed by atoms with Crippen molar-refractivity contribution >= 4 is 11.6 Å². The van der Waals surface area contributed by atoms with Crippen molar-refractivity contribution in [2.75, 3.05) is 0 Å². The van der Waals surface area contributed by atoms with Gasteiger partial charge in [-0.05, 0) is 6.07 Å². The summed E-state index contributed by atoms with van der Waals surface area (Å²) in [6, 6.07) is 11.8. The van der Waals surface area contributed by atoms with Gasteiger partial charge in [-0.1, -0.05) is 41.9 Å². The first-order chi connectivity index (χ1) is 8.86. The molecule has 0 aliphatic rings. The maximum Gasteiger partial charge on any atom is 0.0998 e. The summed E-state index contributed by atoms with van der Waals surface area (Å²) in [6.07, 6.45) is 6.96. The number of pyridine rings is 1. The van der Waals surface area contributed by atoms with Crippen LogP contribution in [0.2, 0.25) is 5.02 Å². The van der Waals surface area contributed by atoms with Gasteiger partial charge in [-0.25, -0.2) is 4.98 Å². The van der Waals surface area contributed by atoms with E-state index in [9.17, 15) is 0 Å². The molecule has 4 heteroatoms. The lowest BCUT2D eigenvalue weighted by Gasteiger charge is -2.09. The van der Waals surface area contributed by atoms with Crippen molar-refractivity contribution in [1.29, 1.82) is 0 Å². The Balaban J connectivity index is 2.16. The summed E-state index contributed by atoms with van der Waals surface area (Å²) in [5, 5.41) is 0.653. The molecule has 3 nitrogen and oxygen atoms in total. The molecule has 2 heterocycles. The molecule has 0 atom stereocenters. The van der Waals surface area contributed by atoms with Crippen molar-refractivity contribution in [3.05, 3.63) is 66.3 Å². The van der Waals surface area contributed by atoms with Crippen molar-refractivity contribution in [2.45, 2.75) is 0 Å². The van der Waals surface area contributed by atoms with E-state index in [2.05, 4.69) is 9.97 Å². The van der Waals surface area contributed by atoms with Crippen LogP contribution in [0.25, 0.3) is 16.9 Å². The fourth-order valence-corrected chi connectivity index (χ4v) is 2.05. The van der Waals surface area contributed by atoms with E-state index in [1.54, 1.807) is 24.8 Å². The number of imidazole rings is 1. The highest BCUT2D eigenvalue weighted by atomic mass is 35.5. The van der Waals surface area contributed by atoms with Crippen LogP contribution < -0.4 is 0 Å². The average molecular weight is 256 g/mol. The Morgan fingerprint density at radius 2 is 1.78 bits per heavy atom. The lowest BCUT2D eigenvalue weighted by atomic mass is 10.1. The Labute approximate surface area is 110 Å². The molecule has 0 saturated heterocycles. The summed E-state index contributed by atoms with van der Waals surface area (Å²) in [4.78, 5) is 8.30. The maximum atomic E-state index is 6.19. The second-order valence-electron chi connectivity index (χ2n) is 3.84. The SMILES string of the molecule is Clc1ccncc1-n1cncc1-c1ccccc1. The molecule has 0 amide bonds. The van der Waals surface area contributed by atoms with Gasteiger partial charge in [0.15, 0.2) is 0 Å².